The molecule has 6 heteroatoms. The summed E-state index contributed by atoms with van der Waals surface area (Å²) in [5.41, 5.74) is 4.02. The third kappa shape index (κ3) is 4.90. The second-order valence-electron chi connectivity index (χ2n) is 8.24. The second kappa shape index (κ2) is 8.72. The van der Waals surface area contributed by atoms with E-state index in [1.165, 1.54) is 19.4 Å². The van der Waals surface area contributed by atoms with E-state index in [9.17, 15) is 4.79 Å². The van der Waals surface area contributed by atoms with Crippen LogP contribution in [0.5, 0.6) is 0 Å². The predicted octanol–water partition coefficient (Wildman–Crippen LogP) is 3.77. The van der Waals surface area contributed by atoms with E-state index in [1.807, 2.05) is 53.8 Å². The highest BCUT2D eigenvalue weighted by molar-refractivity contribution is 6.31. The predicted molar refractivity (Wildman–Crippen MR) is 117 cm³/mol. The number of carbonyl (C=O) groups is 1. The Balaban J connectivity index is 1.38. The van der Waals surface area contributed by atoms with E-state index >= 15 is 0 Å². The summed E-state index contributed by atoms with van der Waals surface area (Å²) < 4.78 is 1.96. The minimum atomic E-state index is 0.0914. The molecule has 0 radical (unpaired) electrons. The van der Waals surface area contributed by atoms with E-state index in [-0.39, 0.29) is 5.91 Å². The van der Waals surface area contributed by atoms with Crippen LogP contribution < -0.4 is 0 Å². The molecule has 1 amide bonds. The van der Waals surface area contributed by atoms with Gasteiger partial charge in [-0.1, -0.05) is 29.8 Å². The summed E-state index contributed by atoms with van der Waals surface area (Å²) in [6.45, 7) is 9.47. The zero-order valence-electron chi connectivity index (χ0n) is 17.3. The summed E-state index contributed by atoms with van der Waals surface area (Å²) in [5, 5.41) is 5.40. The highest BCUT2D eigenvalue weighted by Gasteiger charge is 2.27. The summed E-state index contributed by atoms with van der Waals surface area (Å²) >= 11 is 6.29. The molecule has 1 saturated carbocycles. The van der Waals surface area contributed by atoms with Crippen molar-refractivity contribution in [1.82, 2.24) is 19.6 Å². The van der Waals surface area contributed by atoms with Crippen LogP contribution in [0, 0.1) is 19.8 Å². The lowest BCUT2D eigenvalue weighted by atomic mass is 10.1. The molecule has 2 fully saturated rings. The molecule has 0 spiro atoms. The maximum absolute atomic E-state index is 12.7. The molecule has 0 unspecified atom stereocenters. The fraction of sp³-hybridized carbons (Fsp3) is 0.478. The molecule has 2 aliphatic rings. The van der Waals surface area contributed by atoms with Crippen LogP contribution in [0.3, 0.4) is 0 Å². The Bertz CT molecular complexity index is 908. The molecule has 5 nitrogen and oxygen atoms in total. The average Bonchev–Trinajstić information content (AvgIpc) is 3.49. The molecule has 1 aromatic carbocycles. The third-order valence-corrected chi connectivity index (χ3v) is 6.37. The number of amides is 1. The molecular formula is C23H29ClN4O. The number of carbonyl (C=O) groups excluding carboxylic acids is 1. The van der Waals surface area contributed by atoms with Crippen LogP contribution >= 0.6 is 11.6 Å². The maximum Gasteiger partial charge on any atom is 0.246 e. The third-order valence-electron chi connectivity index (χ3n) is 6.01. The summed E-state index contributed by atoms with van der Waals surface area (Å²) in [5.74, 6) is 0.999. The first-order chi connectivity index (χ1) is 14.0. The van der Waals surface area contributed by atoms with Gasteiger partial charge in [0.05, 0.1) is 12.2 Å². The zero-order valence-corrected chi connectivity index (χ0v) is 18.0. The van der Waals surface area contributed by atoms with Crippen LogP contribution in [-0.4, -0.2) is 58.2 Å². The maximum atomic E-state index is 12.7. The molecule has 2 aromatic rings. The highest BCUT2D eigenvalue weighted by atomic mass is 35.5. The van der Waals surface area contributed by atoms with Crippen molar-refractivity contribution < 1.29 is 4.79 Å². The van der Waals surface area contributed by atoms with Gasteiger partial charge in [-0.2, -0.15) is 5.10 Å². The molecule has 1 saturated heterocycles. The van der Waals surface area contributed by atoms with Gasteiger partial charge in [0.1, 0.15) is 0 Å². The summed E-state index contributed by atoms with van der Waals surface area (Å²) in [7, 11) is 0. The lowest BCUT2D eigenvalue weighted by Gasteiger charge is -2.34. The van der Waals surface area contributed by atoms with Gasteiger partial charge >= 0.3 is 0 Å². The van der Waals surface area contributed by atoms with Gasteiger partial charge in [0.25, 0.3) is 0 Å². The largest absolute Gasteiger partial charge is 0.337 e. The van der Waals surface area contributed by atoms with Crippen LogP contribution in [0.25, 0.3) is 6.08 Å². The van der Waals surface area contributed by atoms with Gasteiger partial charge in [-0.05, 0) is 50.3 Å². The number of hydrogen-bond acceptors (Lipinski definition) is 3. The van der Waals surface area contributed by atoms with Gasteiger partial charge in [0.2, 0.25) is 5.91 Å². The quantitative estimate of drug-likeness (QED) is 0.678. The lowest BCUT2D eigenvalue weighted by Crippen LogP contribution is -2.48. The average molecular weight is 413 g/mol. The van der Waals surface area contributed by atoms with Gasteiger partial charge in [-0.3, -0.25) is 14.4 Å². The van der Waals surface area contributed by atoms with E-state index in [0.29, 0.717) is 6.54 Å². The van der Waals surface area contributed by atoms with Gasteiger partial charge < -0.3 is 4.90 Å². The number of halogens is 1. The Hall–Kier alpha value is -2.11. The van der Waals surface area contributed by atoms with Crippen molar-refractivity contribution in [3.8, 4) is 0 Å². The van der Waals surface area contributed by atoms with E-state index in [2.05, 4.69) is 10.00 Å². The Morgan fingerprint density at radius 2 is 1.90 bits per heavy atom. The smallest absolute Gasteiger partial charge is 0.246 e. The molecule has 1 aromatic heterocycles. The first-order valence-electron chi connectivity index (χ1n) is 10.5. The van der Waals surface area contributed by atoms with Crippen LogP contribution in [0.4, 0.5) is 0 Å². The van der Waals surface area contributed by atoms with Crippen molar-refractivity contribution in [2.45, 2.75) is 33.2 Å². The van der Waals surface area contributed by atoms with Crippen molar-refractivity contribution in [3.63, 3.8) is 0 Å². The minimum Gasteiger partial charge on any atom is -0.337 e. The number of rotatable bonds is 6. The normalized spacial score (nSPS) is 18.0. The molecule has 154 valence electrons. The van der Waals surface area contributed by atoms with Crippen LogP contribution in [0.15, 0.2) is 30.3 Å². The van der Waals surface area contributed by atoms with E-state index in [0.717, 1.165) is 59.6 Å². The zero-order chi connectivity index (χ0) is 20.4. The number of aryl methyl sites for hydroxylation is 1. The lowest BCUT2D eigenvalue weighted by molar-refractivity contribution is -0.127. The SMILES string of the molecule is Cc1nn(Cc2ccccc2Cl)c(C)c1/C=C/C(=O)N1CCN(CC2CC2)CC1. The van der Waals surface area contributed by atoms with Gasteiger partial charge in [-0.15, -0.1) is 0 Å². The molecule has 2 heterocycles. The Morgan fingerprint density at radius 1 is 1.17 bits per heavy atom. The van der Waals surface area contributed by atoms with E-state index < -0.39 is 0 Å². The van der Waals surface area contributed by atoms with Crippen molar-refractivity contribution >= 4 is 23.6 Å². The van der Waals surface area contributed by atoms with Crippen molar-refractivity contribution in [1.29, 1.82) is 0 Å². The van der Waals surface area contributed by atoms with E-state index in [4.69, 9.17) is 11.6 Å². The molecular weight excluding hydrogens is 384 g/mol. The first kappa shape index (κ1) is 20.2. The number of hydrogen-bond donors (Lipinski definition) is 0. The van der Waals surface area contributed by atoms with Crippen LogP contribution in [0.1, 0.15) is 35.4 Å². The fourth-order valence-electron chi connectivity index (χ4n) is 3.97. The topological polar surface area (TPSA) is 41.4 Å². The van der Waals surface area contributed by atoms with Crippen LogP contribution in [0.2, 0.25) is 5.02 Å². The molecule has 0 atom stereocenters. The molecule has 29 heavy (non-hydrogen) atoms. The van der Waals surface area contributed by atoms with E-state index in [1.54, 1.807) is 6.08 Å². The number of nitrogens with zero attached hydrogens (tertiary/aromatic N) is 4. The molecule has 1 aliphatic heterocycles. The summed E-state index contributed by atoms with van der Waals surface area (Å²) in [6, 6.07) is 7.82. The van der Waals surface area contributed by atoms with Crippen LogP contribution in [-0.2, 0) is 11.3 Å². The number of aromatic nitrogens is 2. The monoisotopic (exact) mass is 412 g/mol. The molecule has 0 bridgehead atoms. The summed E-state index contributed by atoms with van der Waals surface area (Å²) in [6.07, 6.45) is 6.38. The van der Waals surface area contributed by atoms with Crippen molar-refractivity contribution in [2.75, 3.05) is 32.7 Å². The van der Waals surface area contributed by atoms with Crippen molar-refractivity contribution in [3.05, 3.63) is 57.9 Å². The van der Waals surface area contributed by atoms with Gasteiger partial charge in [0.15, 0.2) is 0 Å². The van der Waals surface area contributed by atoms with Gasteiger partial charge in [0, 0.05) is 55.1 Å². The molecule has 4 rings (SSSR count). The second-order valence-corrected chi connectivity index (χ2v) is 8.64. The highest BCUT2D eigenvalue weighted by Crippen LogP contribution is 2.30. The molecule has 0 N–H and O–H groups in total. The Labute approximate surface area is 177 Å². The molecule has 1 aliphatic carbocycles. The summed E-state index contributed by atoms with van der Waals surface area (Å²) in [4.78, 5) is 17.1. The standard InChI is InChI=1S/C23H29ClN4O/c1-17-21(18(2)28(25-17)16-20-5-3-4-6-22(20)24)9-10-23(29)27-13-11-26(12-14-27)15-19-7-8-19/h3-6,9-10,19H,7-8,11-16H2,1-2H3/b10-9+. The first-order valence-corrected chi connectivity index (χ1v) is 10.9. The number of benzene rings is 1. The minimum absolute atomic E-state index is 0.0914. The van der Waals surface area contributed by atoms with Crippen molar-refractivity contribution in [2.24, 2.45) is 5.92 Å². The van der Waals surface area contributed by atoms with Gasteiger partial charge in [-0.25, -0.2) is 0 Å². The fourth-order valence-corrected chi connectivity index (χ4v) is 4.17. The number of piperazine rings is 1. The Morgan fingerprint density at radius 3 is 2.59 bits per heavy atom. The Kier molecular flexibility index (Phi) is 6.07.